The number of Topliss-reactive ketones (excluding diaryl/α,β-unsaturated/α-hetero) is 1. The molecule has 0 saturated heterocycles. The molecule has 1 aromatic carbocycles. The summed E-state index contributed by atoms with van der Waals surface area (Å²) in [6, 6.07) is 5.17. The van der Waals surface area contributed by atoms with Crippen molar-refractivity contribution in [1.82, 2.24) is 4.72 Å². The minimum absolute atomic E-state index is 0.111. The number of carbonyl (C=O) groups excluding carboxylic acids is 1. The summed E-state index contributed by atoms with van der Waals surface area (Å²) in [5.41, 5.74) is -0.148. The van der Waals surface area contributed by atoms with Gasteiger partial charge in [0.1, 0.15) is 5.78 Å². The molecule has 0 heterocycles. The third-order valence-electron chi connectivity index (χ3n) is 6.31. The predicted octanol–water partition coefficient (Wildman–Crippen LogP) is 3.85. The molecule has 2 saturated carbocycles. The van der Waals surface area contributed by atoms with Gasteiger partial charge in [-0.1, -0.05) is 43.1 Å². The molecule has 0 aliphatic heterocycles. The topological polar surface area (TPSA) is 63.2 Å². The third-order valence-corrected chi connectivity index (χ3v) is 8.41. The Morgan fingerprint density at radius 2 is 2.00 bits per heavy atom. The number of hydrogen-bond donors (Lipinski definition) is 1. The molecule has 138 valence electrons. The Hall–Kier alpha value is -0.620. The summed E-state index contributed by atoms with van der Waals surface area (Å²) in [5.74, 6) is 0.305. The molecule has 2 bridgehead atoms. The van der Waals surface area contributed by atoms with Crippen LogP contribution in [0.1, 0.15) is 38.7 Å². The number of ketones is 1. The van der Waals surface area contributed by atoms with E-state index in [0.29, 0.717) is 35.2 Å². The van der Waals surface area contributed by atoms with Crippen LogP contribution < -0.4 is 4.72 Å². The van der Waals surface area contributed by atoms with Crippen LogP contribution in [0.5, 0.6) is 0 Å². The smallest absolute Gasteiger partial charge is 0.212 e. The number of halogens is 2. The number of sulfonamides is 1. The molecular weight excluding hydrogens is 381 g/mol. The van der Waals surface area contributed by atoms with E-state index in [4.69, 9.17) is 23.2 Å². The number of rotatable bonds is 6. The molecule has 2 atom stereocenters. The Balaban J connectivity index is 1.66. The van der Waals surface area contributed by atoms with Crippen molar-refractivity contribution in [2.45, 2.75) is 39.5 Å². The Morgan fingerprint density at radius 3 is 2.56 bits per heavy atom. The van der Waals surface area contributed by atoms with Crippen molar-refractivity contribution in [3.63, 3.8) is 0 Å². The SMILES string of the molecule is CC1(C)C2CCC1(CS(=O)(=O)NCCc1ccc(Cl)cc1Cl)C(=O)C2. The summed E-state index contributed by atoms with van der Waals surface area (Å²) < 4.78 is 27.9. The van der Waals surface area contributed by atoms with Crippen LogP contribution in [0.2, 0.25) is 10.0 Å². The summed E-state index contributed by atoms with van der Waals surface area (Å²) in [4.78, 5) is 12.5. The van der Waals surface area contributed by atoms with E-state index in [1.54, 1.807) is 18.2 Å². The van der Waals surface area contributed by atoms with Crippen molar-refractivity contribution in [3.8, 4) is 0 Å². The normalized spacial score (nSPS) is 27.8. The van der Waals surface area contributed by atoms with E-state index in [-0.39, 0.29) is 23.5 Å². The van der Waals surface area contributed by atoms with Crippen molar-refractivity contribution in [2.75, 3.05) is 12.3 Å². The predicted molar refractivity (Wildman–Crippen MR) is 101 cm³/mol. The second-order valence-electron chi connectivity index (χ2n) is 7.81. The van der Waals surface area contributed by atoms with Crippen LogP contribution in [-0.4, -0.2) is 26.5 Å². The van der Waals surface area contributed by atoms with E-state index < -0.39 is 15.4 Å². The highest BCUT2D eigenvalue weighted by atomic mass is 35.5. The minimum atomic E-state index is -3.54. The molecule has 2 aliphatic rings. The lowest BCUT2D eigenvalue weighted by Crippen LogP contribution is -2.45. The number of benzene rings is 1. The number of carbonyl (C=O) groups is 1. The van der Waals surface area contributed by atoms with Crippen LogP contribution in [0, 0.1) is 16.7 Å². The lowest BCUT2D eigenvalue weighted by atomic mass is 9.70. The van der Waals surface area contributed by atoms with Gasteiger partial charge in [-0.15, -0.1) is 0 Å². The Morgan fingerprint density at radius 1 is 1.28 bits per heavy atom. The fourth-order valence-corrected chi connectivity index (χ4v) is 6.89. The van der Waals surface area contributed by atoms with Gasteiger partial charge in [0, 0.05) is 28.4 Å². The minimum Gasteiger partial charge on any atom is -0.299 e. The lowest BCUT2D eigenvalue weighted by molar-refractivity contribution is -0.128. The van der Waals surface area contributed by atoms with E-state index in [0.717, 1.165) is 12.0 Å². The summed E-state index contributed by atoms with van der Waals surface area (Å²) in [6.45, 7) is 4.33. The average molecular weight is 404 g/mol. The highest BCUT2D eigenvalue weighted by molar-refractivity contribution is 7.89. The van der Waals surface area contributed by atoms with Crippen LogP contribution in [0.15, 0.2) is 18.2 Å². The summed E-state index contributed by atoms with van der Waals surface area (Å²) in [6.07, 6.45) is 2.60. The van der Waals surface area contributed by atoms with E-state index in [1.807, 2.05) is 13.8 Å². The first kappa shape index (κ1) is 19.2. The van der Waals surface area contributed by atoms with E-state index in [2.05, 4.69) is 4.72 Å². The van der Waals surface area contributed by atoms with Gasteiger partial charge in [-0.05, 0) is 48.3 Å². The lowest BCUT2D eigenvalue weighted by Gasteiger charge is -2.36. The van der Waals surface area contributed by atoms with E-state index >= 15 is 0 Å². The van der Waals surface area contributed by atoms with Crippen molar-refractivity contribution in [1.29, 1.82) is 0 Å². The van der Waals surface area contributed by atoms with E-state index in [9.17, 15) is 13.2 Å². The van der Waals surface area contributed by atoms with Gasteiger partial charge in [-0.3, -0.25) is 4.79 Å². The Kier molecular flexibility index (Phi) is 4.99. The van der Waals surface area contributed by atoms with Crippen LogP contribution >= 0.6 is 23.2 Å². The summed E-state index contributed by atoms with van der Waals surface area (Å²) >= 11 is 12.0. The second-order valence-corrected chi connectivity index (χ2v) is 10.5. The zero-order valence-corrected chi connectivity index (χ0v) is 16.8. The average Bonchev–Trinajstić information content (AvgIpc) is 2.83. The van der Waals surface area contributed by atoms with Gasteiger partial charge in [0.15, 0.2) is 0 Å². The fraction of sp³-hybridized carbons (Fsp3) is 0.611. The first-order valence-electron chi connectivity index (χ1n) is 8.52. The molecule has 4 nitrogen and oxygen atoms in total. The first-order valence-corrected chi connectivity index (χ1v) is 10.9. The maximum Gasteiger partial charge on any atom is 0.212 e. The molecule has 0 aromatic heterocycles. The Labute approximate surface area is 159 Å². The molecule has 1 aromatic rings. The summed E-state index contributed by atoms with van der Waals surface area (Å²) in [7, 11) is -3.54. The van der Waals surface area contributed by atoms with Gasteiger partial charge in [-0.25, -0.2) is 13.1 Å². The van der Waals surface area contributed by atoms with Gasteiger partial charge in [-0.2, -0.15) is 0 Å². The zero-order valence-electron chi connectivity index (χ0n) is 14.4. The number of nitrogens with one attached hydrogen (secondary N) is 1. The van der Waals surface area contributed by atoms with Gasteiger partial charge in [0.05, 0.1) is 5.75 Å². The molecule has 1 N–H and O–H groups in total. The monoisotopic (exact) mass is 403 g/mol. The van der Waals surface area contributed by atoms with Crippen LogP contribution in [0.3, 0.4) is 0 Å². The van der Waals surface area contributed by atoms with Gasteiger partial charge >= 0.3 is 0 Å². The van der Waals surface area contributed by atoms with Gasteiger partial charge in [0.2, 0.25) is 10.0 Å². The van der Waals surface area contributed by atoms with E-state index in [1.165, 1.54) is 0 Å². The molecule has 2 aliphatic carbocycles. The zero-order chi connectivity index (χ0) is 18.5. The third kappa shape index (κ3) is 3.36. The molecule has 2 fully saturated rings. The summed E-state index contributed by atoms with van der Waals surface area (Å²) in [5, 5.41) is 1.07. The second kappa shape index (κ2) is 6.52. The molecule has 7 heteroatoms. The molecule has 25 heavy (non-hydrogen) atoms. The fourth-order valence-electron chi connectivity index (χ4n) is 4.55. The quantitative estimate of drug-likeness (QED) is 0.784. The van der Waals surface area contributed by atoms with Gasteiger partial charge < -0.3 is 0 Å². The maximum absolute atomic E-state index is 12.6. The number of hydrogen-bond acceptors (Lipinski definition) is 3. The van der Waals surface area contributed by atoms with Crippen LogP contribution in [-0.2, 0) is 21.2 Å². The highest BCUT2D eigenvalue weighted by Gasteiger charge is 2.65. The molecule has 2 unspecified atom stereocenters. The molecule has 0 radical (unpaired) electrons. The highest BCUT2D eigenvalue weighted by Crippen LogP contribution is 2.64. The Bertz CT molecular complexity index is 807. The van der Waals surface area contributed by atoms with Crippen molar-refractivity contribution < 1.29 is 13.2 Å². The number of fused-ring (bicyclic) bond motifs is 2. The largest absolute Gasteiger partial charge is 0.299 e. The standard InChI is InChI=1S/C18H23Cl2NO3S/c1-17(2)13-5-7-18(17,16(22)9-13)11-25(23,24)21-8-6-12-3-4-14(19)10-15(12)20/h3-4,10,13,21H,5-9,11H2,1-2H3. The maximum atomic E-state index is 12.6. The van der Waals surface area contributed by atoms with Crippen LogP contribution in [0.25, 0.3) is 0 Å². The molecule has 0 spiro atoms. The molecule has 0 amide bonds. The molecular formula is C18H23Cl2NO3S. The van der Waals surface area contributed by atoms with Crippen molar-refractivity contribution in [2.24, 2.45) is 16.7 Å². The van der Waals surface area contributed by atoms with Gasteiger partial charge in [0.25, 0.3) is 0 Å². The first-order chi connectivity index (χ1) is 11.6. The molecule has 3 rings (SSSR count). The van der Waals surface area contributed by atoms with Crippen LogP contribution in [0.4, 0.5) is 0 Å². The van der Waals surface area contributed by atoms with Crippen molar-refractivity contribution in [3.05, 3.63) is 33.8 Å². The van der Waals surface area contributed by atoms with Crippen molar-refractivity contribution >= 4 is 39.0 Å².